The van der Waals surface area contributed by atoms with Gasteiger partial charge >= 0.3 is 0 Å². The van der Waals surface area contributed by atoms with Crippen LogP contribution in [0.1, 0.15) is 21.5 Å². The van der Waals surface area contributed by atoms with Gasteiger partial charge in [-0.2, -0.15) is 0 Å². The molecule has 0 saturated heterocycles. The van der Waals surface area contributed by atoms with Gasteiger partial charge in [-0.1, -0.05) is 30.3 Å². The van der Waals surface area contributed by atoms with Crippen LogP contribution in [0.25, 0.3) is 22.6 Å². The van der Waals surface area contributed by atoms with Crippen LogP contribution in [0.15, 0.2) is 77.5 Å². The lowest BCUT2D eigenvalue weighted by Crippen LogP contribution is -2.06. The third kappa shape index (κ3) is 3.99. The summed E-state index contributed by atoms with van der Waals surface area (Å²) in [4.78, 5) is 16.5. The number of hydrogen-bond donors (Lipinski definition) is 0. The van der Waals surface area contributed by atoms with Crippen LogP contribution in [0.2, 0.25) is 0 Å². The van der Waals surface area contributed by atoms with E-state index in [-0.39, 0.29) is 12.0 Å². The molecule has 0 spiro atoms. The fourth-order valence-corrected chi connectivity index (χ4v) is 3.23. The van der Waals surface area contributed by atoms with E-state index in [2.05, 4.69) is 4.98 Å². The molecule has 4 rings (SSSR count). The predicted molar refractivity (Wildman–Crippen MR) is 107 cm³/mol. The Balaban J connectivity index is 1.57. The number of halogens is 2. The molecule has 1 aromatic heterocycles. The maximum atomic E-state index is 13.8. The van der Waals surface area contributed by atoms with Crippen molar-refractivity contribution in [3.8, 4) is 22.6 Å². The fourth-order valence-electron chi connectivity index (χ4n) is 3.23. The molecule has 5 heteroatoms. The quantitative estimate of drug-likeness (QED) is 0.392. The summed E-state index contributed by atoms with van der Waals surface area (Å²) in [6, 6.07) is 16.5. The Morgan fingerprint density at radius 3 is 2.41 bits per heavy atom. The van der Waals surface area contributed by atoms with Crippen molar-refractivity contribution >= 4 is 5.78 Å². The van der Waals surface area contributed by atoms with E-state index < -0.39 is 17.4 Å². The molecule has 0 radical (unpaired) electrons. The second-order valence-corrected chi connectivity index (χ2v) is 6.79. The van der Waals surface area contributed by atoms with Crippen LogP contribution in [0, 0.1) is 18.6 Å². The van der Waals surface area contributed by atoms with Crippen LogP contribution in [0.4, 0.5) is 8.78 Å². The van der Waals surface area contributed by atoms with Gasteiger partial charge in [-0.3, -0.25) is 4.79 Å². The number of ketones is 1. The molecule has 0 unspecified atom stereocenters. The molecular formula is C24H17F2NO2. The van der Waals surface area contributed by atoms with Crippen LogP contribution in [0.3, 0.4) is 0 Å². The average Bonchev–Trinajstić information content (AvgIpc) is 3.24. The van der Waals surface area contributed by atoms with E-state index in [0.29, 0.717) is 5.89 Å². The van der Waals surface area contributed by atoms with Crippen molar-refractivity contribution in [2.45, 2.75) is 13.3 Å². The first-order chi connectivity index (χ1) is 14.0. The van der Waals surface area contributed by atoms with Gasteiger partial charge in [0.05, 0.1) is 11.8 Å². The molecule has 29 heavy (non-hydrogen) atoms. The van der Waals surface area contributed by atoms with Gasteiger partial charge in [-0.25, -0.2) is 13.8 Å². The van der Waals surface area contributed by atoms with E-state index in [0.717, 1.165) is 39.9 Å². The number of benzene rings is 3. The van der Waals surface area contributed by atoms with Gasteiger partial charge in [0.1, 0.15) is 17.9 Å². The highest BCUT2D eigenvalue weighted by atomic mass is 19.1. The maximum Gasteiger partial charge on any atom is 0.225 e. The summed E-state index contributed by atoms with van der Waals surface area (Å²) in [5, 5.41) is 0. The zero-order chi connectivity index (χ0) is 20.4. The molecule has 0 bridgehead atoms. The largest absolute Gasteiger partial charge is 0.445 e. The summed E-state index contributed by atoms with van der Waals surface area (Å²) in [6.07, 6.45) is 3.17. The minimum Gasteiger partial charge on any atom is -0.445 e. The Hall–Kier alpha value is -3.60. The Morgan fingerprint density at radius 2 is 1.72 bits per heavy atom. The van der Waals surface area contributed by atoms with Gasteiger partial charge in [0, 0.05) is 18.1 Å². The van der Waals surface area contributed by atoms with E-state index in [1.54, 1.807) is 6.20 Å². The first-order valence-electron chi connectivity index (χ1n) is 9.09. The summed E-state index contributed by atoms with van der Waals surface area (Å²) >= 11 is 0. The van der Waals surface area contributed by atoms with Gasteiger partial charge in [0.25, 0.3) is 0 Å². The molecular weight excluding hydrogens is 372 g/mol. The van der Waals surface area contributed by atoms with E-state index in [1.165, 1.54) is 12.3 Å². The van der Waals surface area contributed by atoms with Crippen molar-refractivity contribution in [3.63, 3.8) is 0 Å². The molecule has 0 atom stereocenters. The van der Waals surface area contributed by atoms with Crippen molar-refractivity contribution in [3.05, 3.63) is 101 Å². The molecule has 0 aliphatic rings. The van der Waals surface area contributed by atoms with Crippen molar-refractivity contribution in [1.29, 1.82) is 0 Å². The zero-order valence-electron chi connectivity index (χ0n) is 15.7. The summed E-state index contributed by atoms with van der Waals surface area (Å²) in [5.41, 5.74) is 4.64. The van der Waals surface area contributed by atoms with Gasteiger partial charge < -0.3 is 4.42 Å². The number of aromatic nitrogens is 1. The Labute approximate surface area is 166 Å². The zero-order valence-corrected chi connectivity index (χ0v) is 15.7. The number of carbonyl (C=O) groups excluding carboxylic acids is 1. The summed E-state index contributed by atoms with van der Waals surface area (Å²) < 4.78 is 32.2. The minimum atomic E-state index is -0.842. The molecule has 4 aromatic rings. The summed E-state index contributed by atoms with van der Waals surface area (Å²) in [5.74, 6) is -1.39. The van der Waals surface area contributed by atoms with Gasteiger partial charge in [-0.15, -0.1) is 0 Å². The SMILES string of the molecule is Cc1ccc(-c2ncco2)cc1-c1ccc(CC(=O)c2ccc(F)cc2F)cc1. The van der Waals surface area contributed by atoms with E-state index in [1.807, 2.05) is 49.4 Å². The average molecular weight is 389 g/mol. The lowest BCUT2D eigenvalue weighted by Gasteiger charge is -2.09. The lowest BCUT2D eigenvalue weighted by molar-refractivity contribution is 0.0989. The summed E-state index contributed by atoms with van der Waals surface area (Å²) in [6.45, 7) is 2.02. The standard InChI is InChI=1S/C24H17F2NO2/c1-15-2-5-18(24-27-10-11-29-24)13-21(15)17-6-3-16(4-7-17)12-23(28)20-9-8-19(25)14-22(20)26/h2-11,13-14H,12H2,1H3. The highest BCUT2D eigenvalue weighted by Gasteiger charge is 2.14. The molecule has 3 nitrogen and oxygen atoms in total. The van der Waals surface area contributed by atoms with Crippen molar-refractivity contribution in [2.75, 3.05) is 0 Å². The summed E-state index contributed by atoms with van der Waals surface area (Å²) in [7, 11) is 0. The first-order valence-corrected chi connectivity index (χ1v) is 9.09. The number of aryl methyl sites for hydroxylation is 1. The van der Waals surface area contributed by atoms with Crippen LogP contribution in [0.5, 0.6) is 0 Å². The van der Waals surface area contributed by atoms with Crippen molar-refractivity contribution in [2.24, 2.45) is 0 Å². The lowest BCUT2D eigenvalue weighted by atomic mass is 9.95. The second kappa shape index (κ2) is 7.80. The molecule has 0 aliphatic carbocycles. The predicted octanol–water partition coefficient (Wildman–Crippen LogP) is 6.02. The van der Waals surface area contributed by atoms with E-state index in [4.69, 9.17) is 4.42 Å². The first kappa shape index (κ1) is 18.7. The third-order valence-corrected chi connectivity index (χ3v) is 4.78. The normalized spacial score (nSPS) is 10.9. The molecule has 0 aliphatic heterocycles. The third-order valence-electron chi connectivity index (χ3n) is 4.78. The smallest absolute Gasteiger partial charge is 0.225 e. The second-order valence-electron chi connectivity index (χ2n) is 6.79. The van der Waals surface area contributed by atoms with Crippen LogP contribution < -0.4 is 0 Å². The Morgan fingerprint density at radius 1 is 0.966 bits per heavy atom. The molecule has 3 aromatic carbocycles. The van der Waals surface area contributed by atoms with Gasteiger partial charge in [-0.05, 0) is 53.4 Å². The monoisotopic (exact) mass is 389 g/mol. The number of nitrogens with zero attached hydrogens (tertiary/aromatic N) is 1. The van der Waals surface area contributed by atoms with Crippen molar-refractivity contribution < 1.29 is 18.0 Å². The fraction of sp³-hybridized carbons (Fsp3) is 0.0833. The number of rotatable bonds is 5. The van der Waals surface area contributed by atoms with Crippen LogP contribution in [-0.4, -0.2) is 10.8 Å². The molecule has 0 fully saturated rings. The van der Waals surface area contributed by atoms with E-state index in [9.17, 15) is 13.6 Å². The molecule has 0 amide bonds. The highest BCUT2D eigenvalue weighted by Crippen LogP contribution is 2.29. The number of hydrogen-bond acceptors (Lipinski definition) is 3. The number of oxazole rings is 1. The number of carbonyl (C=O) groups is 1. The molecule has 0 saturated carbocycles. The van der Waals surface area contributed by atoms with Crippen LogP contribution >= 0.6 is 0 Å². The Bertz CT molecular complexity index is 1170. The van der Waals surface area contributed by atoms with E-state index >= 15 is 0 Å². The molecule has 0 N–H and O–H groups in total. The Kier molecular flexibility index (Phi) is 5.04. The highest BCUT2D eigenvalue weighted by molar-refractivity contribution is 5.97. The molecule has 1 heterocycles. The molecule has 144 valence electrons. The topological polar surface area (TPSA) is 43.1 Å². The van der Waals surface area contributed by atoms with Crippen molar-refractivity contribution in [1.82, 2.24) is 4.98 Å². The van der Waals surface area contributed by atoms with Gasteiger partial charge in [0.15, 0.2) is 5.78 Å². The minimum absolute atomic E-state index is 0.0399. The van der Waals surface area contributed by atoms with Crippen LogP contribution in [-0.2, 0) is 6.42 Å². The number of Topliss-reactive ketones (excluding diaryl/α,β-unsaturated/α-hetero) is 1. The van der Waals surface area contributed by atoms with Gasteiger partial charge in [0.2, 0.25) is 5.89 Å². The maximum absolute atomic E-state index is 13.8.